The van der Waals surface area contributed by atoms with E-state index in [1.54, 1.807) is 6.07 Å². The second-order valence-electron chi connectivity index (χ2n) is 5.27. The van der Waals surface area contributed by atoms with Crippen LogP contribution in [0.5, 0.6) is 5.75 Å². The van der Waals surface area contributed by atoms with Crippen molar-refractivity contribution in [1.29, 1.82) is 0 Å². The van der Waals surface area contributed by atoms with Gasteiger partial charge in [-0.05, 0) is 31.4 Å². The van der Waals surface area contributed by atoms with Crippen LogP contribution in [-0.2, 0) is 15.9 Å². The fourth-order valence-corrected chi connectivity index (χ4v) is 2.59. The van der Waals surface area contributed by atoms with Crippen molar-refractivity contribution in [2.24, 2.45) is 5.73 Å². The Morgan fingerprint density at radius 1 is 1.18 bits per heavy atom. The van der Waals surface area contributed by atoms with Gasteiger partial charge in [0.1, 0.15) is 11.9 Å². The first-order valence-corrected chi connectivity index (χ1v) is 7.26. The van der Waals surface area contributed by atoms with E-state index in [4.69, 9.17) is 19.9 Å². The largest absolute Gasteiger partial charge is 0.490 e. The first-order chi connectivity index (χ1) is 10.5. The molecule has 1 aromatic rings. The van der Waals surface area contributed by atoms with Crippen molar-refractivity contribution < 1.29 is 23.8 Å². The van der Waals surface area contributed by atoms with Crippen molar-refractivity contribution in [2.45, 2.75) is 38.3 Å². The molecule has 0 atom stereocenters. The molecule has 0 amide bonds. The molecule has 0 spiro atoms. The molecule has 0 unspecified atom stereocenters. The Morgan fingerprint density at radius 3 is 2.32 bits per heavy atom. The van der Waals surface area contributed by atoms with Gasteiger partial charge in [0.05, 0.1) is 25.3 Å². The van der Waals surface area contributed by atoms with Gasteiger partial charge in [-0.3, -0.25) is 0 Å². The topological polar surface area (TPSA) is 87.9 Å². The minimum absolute atomic E-state index is 0.0507. The fraction of sp³-hybridized carbons (Fsp3) is 0.500. The van der Waals surface area contributed by atoms with Crippen molar-refractivity contribution in [3.63, 3.8) is 0 Å². The average molecular weight is 307 g/mol. The van der Waals surface area contributed by atoms with E-state index in [9.17, 15) is 9.59 Å². The third-order valence-corrected chi connectivity index (χ3v) is 3.84. The number of carbonyl (C=O) groups is 2. The molecule has 1 saturated carbocycles. The number of methoxy groups -OCH3 is 2. The summed E-state index contributed by atoms with van der Waals surface area (Å²) in [7, 11) is 2.55. The third kappa shape index (κ3) is 3.06. The number of ether oxygens (including phenoxy) is 3. The van der Waals surface area contributed by atoms with Crippen LogP contribution in [0, 0.1) is 0 Å². The second-order valence-corrected chi connectivity index (χ2v) is 5.27. The van der Waals surface area contributed by atoms with Crippen LogP contribution in [0.15, 0.2) is 12.1 Å². The van der Waals surface area contributed by atoms with Crippen LogP contribution in [0.4, 0.5) is 0 Å². The number of esters is 2. The Kier molecular flexibility index (Phi) is 5.03. The summed E-state index contributed by atoms with van der Waals surface area (Å²) < 4.78 is 15.5. The van der Waals surface area contributed by atoms with Crippen LogP contribution < -0.4 is 10.5 Å². The zero-order chi connectivity index (χ0) is 16.3. The Hall–Kier alpha value is -2.08. The summed E-state index contributed by atoms with van der Waals surface area (Å²) in [4.78, 5) is 24.0. The number of rotatable bonds is 5. The number of hydrogen-bond donors (Lipinski definition) is 1. The van der Waals surface area contributed by atoms with Gasteiger partial charge in [-0.25, -0.2) is 9.59 Å². The van der Waals surface area contributed by atoms with Crippen molar-refractivity contribution in [2.75, 3.05) is 14.2 Å². The van der Waals surface area contributed by atoms with E-state index >= 15 is 0 Å². The van der Waals surface area contributed by atoms with Crippen LogP contribution in [0.25, 0.3) is 0 Å². The Balaban J connectivity index is 2.43. The lowest BCUT2D eigenvalue weighted by Crippen LogP contribution is -2.43. The molecule has 0 aliphatic heterocycles. The van der Waals surface area contributed by atoms with E-state index in [2.05, 4.69) is 0 Å². The standard InChI is InChI=1S/C16H21NO5/c1-4-11-13(22-10-7-9(17)8-10)6-5-12(15(18)20-2)14(11)16(19)21-3/h5-6,9-10H,4,7-8,17H2,1-3H3/t9-,10-. The predicted octanol–water partition coefficient (Wildman–Crippen LogP) is 1.69. The molecular weight excluding hydrogens is 286 g/mol. The minimum atomic E-state index is -0.577. The van der Waals surface area contributed by atoms with E-state index < -0.39 is 11.9 Å². The Morgan fingerprint density at radius 2 is 1.82 bits per heavy atom. The lowest BCUT2D eigenvalue weighted by atomic mass is 9.90. The molecular formula is C16H21NO5. The zero-order valence-corrected chi connectivity index (χ0v) is 13.0. The van der Waals surface area contributed by atoms with Gasteiger partial charge in [-0.2, -0.15) is 0 Å². The minimum Gasteiger partial charge on any atom is -0.490 e. The summed E-state index contributed by atoms with van der Waals surface area (Å²) in [6, 6.07) is 3.40. The van der Waals surface area contributed by atoms with E-state index in [1.165, 1.54) is 20.3 Å². The maximum atomic E-state index is 12.1. The summed E-state index contributed by atoms with van der Waals surface area (Å²) in [6.45, 7) is 1.89. The third-order valence-electron chi connectivity index (χ3n) is 3.84. The number of nitrogens with two attached hydrogens (primary N) is 1. The summed E-state index contributed by atoms with van der Waals surface area (Å²) in [5.74, 6) is -0.562. The first kappa shape index (κ1) is 16.3. The van der Waals surface area contributed by atoms with Gasteiger partial charge in [0, 0.05) is 11.6 Å². The molecule has 120 valence electrons. The quantitative estimate of drug-likeness (QED) is 0.833. The lowest BCUT2D eigenvalue weighted by molar-refractivity contribution is 0.0552. The summed E-state index contributed by atoms with van der Waals surface area (Å²) >= 11 is 0. The molecule has 1 fully saturated rings. The number of hydrogen-bond acceptors (Lipinski definition) is 6. The molecule has 2 rings (SSSR count). The van der Waals surface area contributed by atoms with E-state index in [0.717, 1.165) is 12.8 Å². The number of benzene rings is 1. The molecule has 6 heteroatoms. The maximum Gasteiger partial charge on any atom is 0.339 e. The van der Waals surface area contributed by atoms with Crippen LogP contribution in [0.3, 0.4) is 0 Å². The summed E-state index contributed by atoms with van der Waals surface area (Å²) in [5.41, 5.74) is 6.80. The monoisotopic (exact) mass is 307 g/mol. The molecule has 0 bridgehead atoms. The smallest absolute Gasteiger partial charge is 0.339 e. The molecule has 2 N–H and O–H groups in total. The molecule has 0 radical (unpaired) electrons. The maximum absolute atomic E-state index is 12.1. The molecule has 0 saturated heterocycles. The van der Waals surface area contributed by atoms with E-state index in [0.29, 0.717) is 17.7 Å². The van der Waals surface area contributed by atoms with Gasteiger partial charge in [0.15, 0.2) is 0 Å². The average Bonchev–Trinajstić information content (AvgIpc) is 2.51. The normalized spacial score (nSPS) is 20.0. The van der Waals surface area contributed by atoms with Crippen molar-refractivity contribution in [3.05, 3.63) is 28.8 Å². The summed E-state index contributed by atoms with van der Waals surface area (Å²) in [5, 5.41) is 0. The van der Waals surface area contributed by atoms with Crippen LogP contribution >= 0.6 is 0 Å². The molecule has 1 aliphatic carbocycles. The fourth-order valence-electron chi connectivity index (χ4n) is 2.59. The van der Waals surface area contributed by atoms with Gasteiger partial charge in [-0.15, -0.1) is 0 Å². The highest BCUT2D eigenvalue weighted by Gasteiger charge is 2.30. The second kappa shape index (κ2) is 6.79. The van der Waals surface area contributed by atoms with Crippen LogP contribution in [0.1, 0.15) is 46.0 Å². The molecule has 1 aromatic carbocycles. The molecule has 1 aliphatic rings. The van der Waals surface area contributed by atoms with Crippen LogP contribution in [-0.4, -0.2) is 38.3 Å². The highest BCUT2D eigenvalue weighted by molar-refractivity contribution is 6.04. The van der Waals surface area contributed by atoms with Gasteiger partial charge in [0.25, 0.3) is 0 Å². The predicted molar refractivity (Wildman–Crippen MR) is 80.1 cm³/mol. The highest BCUT2D eigenvalue weighted by atomic mass is 16.5. The Labute approximate surface area is 129 Å². The van der Waals surface area contributed by atoms with E-state index in [1.807, 2.05) is 6.92 Å². The molecule has 0 heterocycles. The first-order valence-electron chi connectivity index (χ1n) is 7.26. The van der Waals surface area contributed by atoms with Crippen LogP contribution in [0.2, 0.25) is 0 Å². The van der Waals surface area contributed by atoms with Gasteiger partial charge >= 0.3 is 11.9 Å². The van der Waals surface area contributed by atoms with Gasteiger partial charge in [-0.1, -0.05) is 6.92 Å². The Bertz CT molecular complexity index is 578. The number of carbonyl (C=O) groups excluding carboxylic acids is 2. The van der Waals surface area contributed by atoms with Gasteiger partial charge in [0.2, 0.25) is 0 Å². The summed E-state index contributed by atoms with van der Waals surface area (Å²) in [6.07, 6.45) is 2.16. The molecule has 22 heavy (non-hydrogen) atoms. The van der Waals surface area contributed by atoms with Gasteiger partial charge < -0.3 is 19.9 Å². The van der Waals surface area contributed by atoms with Crippen molar-refractivity contribution in [3.8, 4) is 5.75 Å². The van der Waals surface area contributed by atoms with Crippen molar-refractivity contribution >= 4 is 11.9 Å². The SMILES string of the molecule is CCc1c(O[C@H]2C[C@H](N)C2)ccc(C(=O)OC)c1C(=O)OC. The zero-order valence-electron chi connectivity index (χ0n) is 13.0. The lowest BCUT2D eigenvalue weighted by Gasteiger charge is -2.33. The highest BCUT2D eigenvalue weighted by Crippen LogP contribution is 2.32. The molecule has 0 aromatic heterocycles. The van der Waals surface area contributed by atoms with E-state index in [-0.39, 0.29) is 23.3 Å². The molecule has 6 nitrogen and oxygen atoms in total. The van der Waals surface area contributed by atoms with Crippen molar-refractivity contribution in [1.82, 2.24) is 0 Å².